The molecular weight excluding hydrogens is 322 g/mol. The van der Waals surface area contributed by atoms with Crippen molar-refractivity contribution >= 4 is 18.1 Å². The second-order valence-corrected chi connectivity index (χ2v) is 6.51. The minimum Gasteiger partial charge on any atom is -0.461 e. The Hall–Kier alpha value is -2.77. The molecule has 2 fully saturated rings. The van der Waals surface area contributed by atoms with Crippen molar-refractivity contribution in [3.63, 3.8) is 0 Å². The van der Waals surface area contributed by atoms with Crippen LogP contribution in [0.3, 0.4) is 0 Å². The topological polar surface area (TPSA) is 90.2 Å². The summed E-state index contributed by atoms with van der Waals surface area (Å²) < 4.78 is 6.39. The third kappa shape index (κ3) is 3.11. The highest BCUT2D eigenvalue weighted by Crippen LogP contribution is 2.45. The lowest BCUT2D eigenvalue weighted by atomic mass is 10.2. The number of fused-ring (bicyclic) bond motifs is 1. The highest BCUT2D eigenvalue weighted by Gasteiger charge is 2.45. The predicted octanol–water partition coefficient (Wildman–Crippen LogP) is 1.17. The zero-order chi connectivity index (χ0) is 17.4. The van der Waals surface area contributed by atoms with Crippen LogP contribution in [0.2, 0.25) is 0 Å². The van der Waals surface area contributed by atoms with Gasteiger partial charge in [-0.15, -0.1) is 5.10 Å². The molecule has 1 aliphatic carbocycles. The summed E-state index contributed by atoms with van der Waals surface area (Å²) in [5, 5.41) is 7.72. The van der Waals surface area contributed by atoms with Crippen molar-refractivity contribution in [3.05, 3.63) is 35.3 Å². The molecule has 2 aliphatic rings. The van der Waals surface area contributed by atoms with Crippen molar-refractivity contribution in [2.45, 2.75) is 19.9 Å². The average Bonchev–Trinajstić information content (AvgIpc) is 3.02. The molecule has 130 valence electrons. The molecule has 1 aliphatic heterocycles. The second kappa shape index (κ2) is 6.27. The summed E-state index contributed by atoms with van der Waals surface area (Å²) in [5.74, 6) is 1.95. The number of pyridine rings is 1. The second-order valence-electron chi connectivity index (χ2n) is 6.51. The number of aldehydes is 1. The third-order valence-corrected chi connectivity index (χ3v) is 4.77. The van der Waals surface area contributed by atoms with Crippen LogP contribution >= 0.6 is 0 Å². The number of anilines is 1. The van der Waals surface area contributed by atoms with Gasteiger partial charge in [0.25, 0.3) is 0 Å². The summed E-state index contributed by atoms with van der Waals surface area (Å²) in [5.41, 5.74) is 1.28. The molecule has 0 aromatic carbocycles. The Kier molecular flexibility index (Phi) is 3.95. The van der Waals surface area contributed by atoms with Crippen molar-refractivity contribution in [2.75, 3.05) is 24.6 Å². The molecule has 3 heterocycles. The van der Waals surface area contributed by atoms with Gasteiger partial charge in [-0.2, -0.15) is 0 Å². The van der Waals surface area contributed by atoms with Crippen LogP contribution in [-0.2, 0) is 11.3 Å². The zero-order valence-corrected chi connectivity index (χ0v) is 14.0. The molecule has 8 heteroatoms. The van der Waals surface area contributed by atoms with Gasteiger partial charge in [0, 0.05) is 18.7 Å². The maximum atomic E-state index is 11.6. The van der Waals surface area contributed by atoms with Crippen LogP contribution in [0.4, 0.5) is 5.82 Å². The number of nitrogens with zero attached hydrogens (tertiary/aromatic N) is 5. The molecule has 2 atom stereocenters. The SMILES string of the molecule is CCOC(=O)c1cn(Cc2ccc(N3CC4CC4C3)nc2C=O)nn1. The number of hydrogen-bond donors (Lipinski definition) is 0. The summed E-state index contributed by atoms with van der Waals surface area (Å²) in [6.07, 6.45) is 3.59. The molecule has 0 N–H and O–H groups in total. The molecule has 1 saturated carbocycles. The van der Waals surface area contributed by atoms with Crippen LogP contribution in [0, 0.1) is 11.8 Å². The van der Waals surface area contributed by atoms with E-state index in [0.717, 1.165) is 42.6 Å². The van der Waals surface area contributed by atoms with E-state index >= 15 is 0 Å². The Bertz CT molecular complexity index is 808. The van der Waals surface area contributed by atoms with Gasteiger partial charge >= 0.3 is 5.97 Å². The van der Waals surface area contributed by atoms with Gasteiger partial charge in [0.05, 0.1) is 19.3 Å². The number of ether oxygens (including phenoxy) is 1. The van der Waals surface area contributed by atoms with E-state index in [1.54, 1.807) is 6.92 Å². The normalized spacial score (nSPS) is 21.1. The summed E-state index contributed by atoms with van der Waals surface area (Å²) in [4.78, 5) is 29.8. The van der Waals surface area contributed by atoms with Crippen LogP contribution in [0.25, 0.3) is 0 Å². The largest absolute Gasteiger partial charge is 0.461 e. The fraction of sp³-hybridized carbons (Fsp3) is 0.471. The van der Waals surface area contributed by atoms with Crippen molar-refractivity contribution in [1.82, 2.24) is 20.0 Å². The number of aromatic nitrogens is 4. The van der Waals surface area contributed by atoms with E-state index < -0.39 is 5.97 Å². The lowest BCUT2D eigenvalue weighted by Gasteiger charge is -2.19. The van der Waals surface area contributed by atoms with Crippen molar-refractivity contribution < 1.29 is 14.3 Å². The van der Waals surface area contributed by atoms with Gasteiger partial charge in [-0.25, -0.2) is 14.5 Å². The number of carbonyl (C=O) groups is 2. The molecule has 0 radical (unpaired) electrons. The lowest BCUT2D eigenvalue weighted by molar-refractivity contribution is 0.0519. The van der Waals surface area contributed by atoms with Crippen LogP contribution in [0.1, 0.15) is 39.9 Å². The molecule has 2 aromatic rings. The average molecular weight is 341 g/mol. The van der Waals surface area contributed by atoms with Crippen LogP contribution in [0.5, 0.6) is 0 Å². The maximum Gasteiger partial charge on any atom is 0.360 e. The number of esters is 1. The van der Waals surface area contributed by atoms with Gasteiger partial charge in [-0.1, -0.05) is 11.3 Å². The number of carbonyl (C=O) groups excluding carboxylic acids is 2. The smallest absolute Gasteiger partial charge is 0.360 e. The zero-order valence-electron chi connectivity index (χ0n) is 14.0. The molecular formula is C17H19N5O3. The standard InChI is InChI=1S/C17H19N5O3/c1-2-25-17(24)14-9-22(20-19-14)8-11-3-4-16(18-15(11)10-23)21-6-12-5-13(12)7-21/h3-4,9-10,12-13H,2,5-8H2,1H3. The van der Waals surface area contributed by atoms with Crippen LogP contribution < -0.4 is 4.90 Å². The van der Waals surface area contributed by atoms with Gasteiger partial charge in [0.1, 0.15) is 11.5 Å². The fourth-order valence-electron chi connectivity index (χ4n) is 3.34. The first-order chi connectivity index (χ1) is 12.2. The highest BCUT2D eigenvalue weighted by molar-refractivity contribution is 5.86. The number of rotatable bonds is 6. The quantitative estimate of drug-likeness (QED) is 0.575. The van der Waals surface area contributed by atoms with E-state index in [2.05, 4.69) is 20.2 Å². The number of piperidine rings is 1. The summed E-state index contributed by atoms with van der Waals surface area (Å²) in [6.45, 7) is 4.39. The van der Waals surface area contributed by atoms with Crippen molar-refractivity contribution in [2.24, 2.45) is 11.8 Å². The molecule has 0 spiro atoms. The maximum absolute atomic E-state index is 11.6. The van der Waals surface area contributed by atoms with E-state index in [9.17, 15) is 9.59 Å². The molecule has 2 unspecified atom stereocenters. The highest BCUT2D eigenvalue weighted by atomic mass is 16.5. The van der Waals surface area contributed by atoms with Gasteiger partial charge in [-0.05, 0) is 31.2 Å². The Morgan fingerprint density at radius 3 is 2.88 bits per heavy atom. The predicted molar refractivity (Wildman–Crippen MR) is 88.5 cm³/mol. The molecule has 0 amide bonds. The molecule has 8 nitrogen and oxygen atoms in total. The first kappa shape index (κ1) is 15.7. The molecule has 25 heavy (non-hydrogen) atoms. The van der Waals surface area contributed by atoms with Crippen molar-refractivity contribution in [1.29, 1.82) is 0 Å². The Labute approximate surface area is 144 Å². The molecule has 1 saturated heterocycles. The Morgan fingerprint density at radius 1 is 1.36 bits per heavy atom. The van der Waals surface area contributed by atoms with E-state index in [1.165, 1.54) is 17.3 Å². The van der Waals surface area contributed by atoms with E-state index in [-0.39, 0.29) is 12.3 Å². The van der Waals surface area contributed by atoms with E-state index in [0.29, 0.717) is 12.2 Å². The molecule has 2 aromatic heterocycles. The Balaban J connectivity index is 1.50. The van der Waals surface area contributed by atoms with E-state index in [1.807, 2.05) is 12.1 Å². The fourth-order valence-corrected chi connectivity index (χ4v) is 3.34. The van der Waals surface area contributed by atoms with Gasteiger partial charge in [-0.3, -0.25) is 4.79 Å². The van der Waals surface area contributed by atoms with Gasteiger partial charge in [0.15, 0.2) is 12.0 Å². The minimum absolute atomic E-state index is 0.148. The Morgan fingerprint density at radius 2 is 2.16 bits per heavy atom. The first-order valence-corrected chi connectivity index (χ1v) is 8.45. The van der Waals surface area contributed by atoms with Crippen LogP contribution in [0.15, 0.2) is 18.3 Å². The van der Waals surface area contributed by atoms with E-state index in [4.69, 9.17) is 4.74 Å². The number of hydrogen-bond acceptors (Lipinski definition) is 7. The molecule has 0 bridgehead atoms. The minimum atomic E-state index is -0.509. The molecule has 4 rings (SSSR count). The monoisotopic (exact) mass is 341 g/mol. The third-order valence-electron chi connectivity index (χ3n) is 4.77. The lowest BCUT2D eigenvalue weighted by Crippen LogP contribution is -2.23. The van der Waals surface area contributed by atoms with Gasteiger partial charge in [0.2, 0.25) is 0 Å². The van der Waals surface area contributed by atoms with Crippen LogP contribution in [-0.4, -0.2) is 51.9 Å². The van der Waals surface area contributed by atoms with Gasteiger partial charge < -0.3 is 9.64 Å². The first-order valence-electron chi connectivity index (χ1n) is 8.45. The summed E-state index contributed by atoms with van der Waals surface area (Å²) in [7, 11) is 0. The van der Waals surface area contributed by atoms with Crippen molar-refractivity contribution in [3.8, 4) is 0 Å². The summed E-state index contributed by atoms with van der Waals surface area (Å²) in [6, 6.07) is 3.83. The summed E-state index contributed by atoms with van der Waals surface area (Å²) >= 11 is 0.